The van der Waals surface area contributed by atoms with Crippen molar-refractivity contribution in [3.05, 3.63) is 582 Å². The lowest BCUT2D eigenvalue weighted by molar-refractivity contribution is 1.24. The molecule has 24 aromatic rings. The summed E-state index contributed by atoms with van der Waals surface area (Å²) in [5, 5.41) is 14.4. The number of hydrogen-bond donors (Lipinski definition) is 0. The molecule has 8 nitrogen and oxygen atoms in total. The van der Waals surface area contributed by atoms with Crippen LogP contribution in [0.4, 0.5) is 136 Å². The van der Waals surface area contributed by atoms with Crippen molar-refractivity contribution in [2.75, 3.05) is 39.2 Å². The first-order valence-corrected chi connectivity index (χ1v) is 47.7. The van der Waals surface area contributed by atoms with E-state index in [9.17, 15) is 0 Å². The highest BCUT2D eigenvalue weighted by Crippen LogP contribution is 2.50. The Labute approximate surface area is 817 Å². The zero-order valence-electron chi connectivity index (χ0n) is 77.0. The summed E-state index contributed by atoms with van der Waals surface area (Å²) in [6, 6.07) is 209. The Balaban J connectivity index is 0.000000156. The van der Waals surface area contributed by atoms with Gasteiger partial charge in [-0.15, -0.1) is 0 Å². The van der Waals surface area contributed by atoms with Crippen LogP contribution in [0.2, 0.25) is 0 Å². The van der Waals surface area contributed by atoms with Crippen LogP contribution in [0.5, 0.6) is 0 Å². The van der Waals surface area contributed by atoms with Crippen molar-refractivity contribution in [1.29, 1.82) is 0 Å². The maximum absolute atomic E-state index is 2.36. The second-order valence-corrected chi connectivity index (χ2v) is 34.9. The third-order valence-electron chi connectivity index (χ3n) is 26.3. The average molecular weight is 1790 g/mol. The molecule has 0 fully saturated rings. The van der Waals surface area contributed by atoms with Gasteiger partial charge in [-0.05, 0) is 310 Å². The van der Waals surface area contributed by atoms with E-state index in [1.165, 1.54) is 64.6 Å². The Morgan fingerprint density at radius 2 is 0.214 bits per heavy atom. The van der Waals surface area contributed by atoms with Crippen molar-refractivity contribution in [2.24, 2.45) is 0 Å². The summed E-state index contributed by atoms with van der Waals surface area (Å²) < 4.78 is 0. The molecule has 24 aromatic carbocycles. The molecule has 0 saturated heterocycles. The molecule has 0 heterocycles. The maximum Gasteiger partial charge on any atom is 0.0540 e. The summed E-state index contributed by atoms with van der Waals surface area (Å²) in [6.45, 7) is 0. The predicted octanol–water partition coefficient (Wildman–Crippen LogP) is 38.1. The van der Waals surface area contributed by atoms with Crippen LogP contribution in [0.3, 0.4) is 0 Å². The number of nitrogens with zero attached hydrogens (tertiary/aromatic N) is 8. The zero-order valence-corrected chi connectivity index (χ0v) is 77.0. The number of para-hydroxylation sites is 6. The largest absolute Gasteiger partial charge is 0.310 e. The predicted molar refractivity (Wildman–Crippen MR) is 595 cm³/mol. The zero-order chi connectivity index (χ0) is 93.3. The third-order valence-corrected chi connectivity index (χ3v) is 26.3. The average Bonchev–Trinajstić information content (AvgIpc) is 0.806. The van der Waals surface area contributed by atoms with E-state index < -0.39 is 0 Å². The van der Waals surface area contributed by atoms with E-state index in [2.05, 4.69) is 622 Å². The van der Waals surface area contributed by atoms with Crippen molar-refractivity contribution < 1.29 is 0 Å². The SMILES string of the molecule is c1ccc(N(c2ccc(N(c3ccc(N(c4ccccc4)c4ccc5ccccc5c4)cc3)c3ccc(N(c4ccccc4)c4cccc5ccccc45)cc3)cc2)c2ccc3ccccc3c2)cc1.c1ccc(N(c2ccc(N(c3ccc(N(c4ccccc4)c4cccc5ccccc45)cc3)c3ccc(N(c4ccccc4)c4cccc5ccccc45)cc3)cc2)c2cccc3ccccc23)cc1. The van der Waals surface area contributed by atoms with Crippen LogP contribution < -0.4 is 39.2 Å². The Morgan fingerprint density at radius 3 is 0.421 bits per heavy atom. The van der Waals surface area contributed by atoms with Crippen molar-refractivity contribution in [3.63, 3.8) is 0 Å². The fraction of sp³-hybridized carbons (Fsp3) is 0. The standard InChI is InChI=1S/2C66H48N4/c1-4-25-52(26-5-1)68(64-34-16-22-49-19-10-13-31-61(49)64)58-43-37-55(38-44-58)67(56-39-45-59(46-40-56)69(53-27-6-2-7-28-53)65-35-17-23-50-20-11-14-32-62(50)65)57-41-47-60(48-42-57)70(54-29-8-3-9-30-54)66-36-18-24-51-21-12-15-33-63(51)66;1-4-23-54(24-5-1)68(63-33-31-49-17-10-12-20-52(49)47-63)60-39-35-57(36-40-60)67(58-37-41-61(42-38-58)69(55-25-6-2-7-26-55)64-34-32-50-18-11-13-21-53(50)48-64)59-43-45-62(46-44-59)70(56-27-8-3-9-28-56)66-30-16-22-51-19-14-15-29-65(51)66/h2*1-48H. The molecule has 0 aliphatic carbocycles. The number of rotatable bonds is 24. The molecule has 140 heavy (non-hydrogen) atoms. The molecule has 0 aliphatic heterocycles. The van der Waals surface area contributed by atoms with E-state index in [1.54, 1.807) is 0 Å². The lowest BCUT2D eigenvalue weighted by Gasteiger charge is -2.31. The molecule has 0 atom stereocenters. The van der Waals surface area contributed by atoms with Gasteiger partial charge in [-0.2, -0.15) is 0 Å². The molecule has 0 aromatic heterocycles. The molecule has 0 spiro atoms. The molecule has 0 radical (unpaired) electrons. The van der Waals surface area contributed by atoms with Crippen molar-refractivity contribution >= 4 is 201 Å². The van der Waals surface area contributed by atoms with Gasteiger partial charge < -0.3 is 39.2 Å². The smallest absolute Gasteiger partial charge is 0.0540 e. The normalized spacial score (nSPS) is 11.1. The van der Waals surface area contributed by atoms with Gasteiger partial charge in [-0.3, -0.25) is 0 Å². The Bertz CT molecular complexity index is 7830. The molecule has 0 saturated carbocycles. The Kier molecular flexibility index (Phi) is 23.8. The first kappa shape index (κ1) is 85.4. The summed E-state index contributed by atoms with van der Waals surface area (Å²) in [7, 11) is 0. The van der Waals surface area contributed by atoms with Crippen LogP contribution in [0.1, 0.15) is 0 Å². The minimum atomic E-state index is 1.04. The van der Waals surface area contributed by atoms with Crippen LogP contribution in [0, 0.1) is 0 Å². The lowest BCUT2D eigenvalue weighted by Crippen LogP contribution is -2.14. The molecule has 664 valence electrons. The van der Waals surface area contributed by atoms with E-state index >= 15 is 0 Å². The molecule has 24 rings (SSSR count). The van der Waals surface area contributed by atoms with Gasteiger partial charge in [0, 0.05) is 135 Å². The van der Waals surface area contributed by atoms with Crippen molar-refractivity contribution in [3.8, 4) is 0 Å². The minimum absolute atomic E-state index is 1.04. The fourth-order valence-corrected chi connectivity index (χ4v) is 19.7. The molecule has 0 aliphatic rings. The summed E-state index contributed by atoms with van der Waals surface area (Å²) in [5.74, 6) is 0. The summed E-state index contributed by atoms with van der Waals surface area (Å²) in [4.78, 5) is 18.8. The van der Waals surface area contributed by atoms with Gasteiger partial charge in [0.2, 0.25) is 0 Å². The van der Waals surface area contributed by atoms with Crippen LogP contribution in [0.25, 0.3) is 64.6 Å². The summed E-state index contributed by atoms with van der Waals surface area (Å²) >= 11 is 0. The number of fused-ring (bicyclic) bond motifs is 6. The van der Waals surface area contributed by atoms with E-state index in [1.807, 2.05) is 0 Å². The second-order valence-electron chi connectivity index (χ2n) is 34.9. The second kappa shape index (κ2) is 39.0. The van der Waals surface area contributed by atoms with Gasteiger partial charge >= 0.3 is 0 Å². The molecule has 0 unspecified atom stereocenters. The van der Waals surface area contributed by atoms with Crippen LogP contribution in [-0.4, -0.2) is 0 Å². The number of anilines is 24. The maximum atomic E-state index is 2.36. The van der Waals surface area contributed by atoms with E-state index in [-0.39, 0.29) is 0 Å². The van der Waals surface area contributed by atoms with Crippen molar-refractivity contribution in [1.82, 2.24) is 0 Å². The third kappa shape index (κ3) is 17.4. The Morgan fingerprint density at radius 1 is 0.0786 bits per heavy atom. The van der Waals surface area contributed by atoms with Gasteiger partial charge in [0.1, 0.15) is 0 Å². The number of benzene rings is 24. The van der Waals surface area contributed by atoms with E-state index in [4.69, 9.17) is 0 Å². The van der Waals surface area contributed by atoms with E-state index in [0.717, 1.165) is 136 Å². The lowest BCUT2D eigenvalue weighted by atomic mass is 10.1. The van der Waals surface area contributed by atoms with Crippen LogP contribution in [-0.2, 0) is 0 Å². The molecule has 0 N–H and O–H groups in total. The van der Waals surface area contributed by atoms with Crippen LogP contribution in [0.15, 0.2) is 582 Å². The van der Waals surface area contributed by atoms with Gasteiger partial charge in [0.05, 0.1) is 22.7 Å². The van der Waals surface area contributed by atoms with Gasteiger partial charge in [-0.25, -0.2) is 0 Å². The van der Waals surface area contributed by atoms with Gasteiger partial charge in [-0.1, -0.05) is 315 Å². The van der Waals surface area contributed by atoms with Gasteiger partial charge in [0.25, 0.3) is 0 Å². The van der Waals surface area contributed by atoms with E-state index in [0.29, 0.717) is 0 Å². The molecular formula is C132H96N8. The molecule has 0 amide bonds. The Hall–Kier alpha value is -18.8. The topological polar surface area (TPSA) is 25.9 Å². The molecular weight excluding hydrogens is 1700 g/mol. The van der Waals surface area contributed by atoms with Crippen LogP contribution >= 0.6 is 0 Å². The highest BCUT2D eigenvalue weighted by molar-refractivity contribution is 6.05. The van der Waals surface area contributed by atoms with Gasteiger partial charge in [0.15, 0.2) is 0 Å². The monoisotopic (exact) mass is 1790 g/mol. The van der Waals surface area contributed by atoms with Crippen molar-refractivity contribution in [2.45, 2.75) is 0 Å². The molecule has 0 bridgehead atoms. The minimum Gasteiger partial charge on any atom is -0.310 e. The summed E-state index contributed by atoms with van der Waals surface area (Å²) in [6.07, 6.45) is 0. The number of hydrogen-bond acceptors (Lipinski definition) is 8. The molecule has 8 heteroatoms. The first-order valence-electron chi connectivity index (χ1n) is 47.7. The quantitative estimate of drug-likeness (QED) is 0.0591. The summed E-state index contributed by atoms with van der Waals surface area (Å²) in [5.41, 5.74) is 25.9. The highest BCUT2D eigenvalue weighted by atomic mass is 15.2. The fourth-order valence-electron chi connectivity index (χ4n) is 19.7. The highest BCUT2D eigenvalue weighted by Gasteiger charge is 2.26. The first-order chi connectivity index (χ1) is 69.5.